The van der Waals surface area contributed by atoms with Crippen molar-refractivity contribution in [1.29, 1.82) is 0 Å². The molecule has 17 heavy (non-hydrogen) atoms. The number of hydrogen-bond donors (Lipinski definition) is 0. The van der Waals surface area contributed by atoms with Gasteiger partial charge in [-0.15, -0.1) is 0 Å². The van der Waals surface area contributed by atoms with Crippen LogP contribution in [0.5, 0.6) is 11.5 Å². The average molecular weight is 244 g/mol. The number of benzene rings is 2. The summed E-state index contributed by atoms with van der Waals surface area (Å²) in [6, 6.07) is 13.5. The van der Waals surface area contributed by atoms with Crippen molar-refractivity contribution in [2.75, 3.05) is 0 Å². The molecule has 0 saturated carbocycles. The Labute approximate surface area is 105 Å². The maximum absolute atomic E-state index is 6.20. The quantitative estimate of drug-likeness (QED) is 0.671. The van der Waals surface area contributed by atoms with E-state index < -0.39 is 0 Å². The zero-order valence-corrected chi connectivity index (χ0v) is 10.0. The van der Waals surface area contributed by atoms with Crippen LogP contribution in [0, 0.1) is 6.92 Å². The molecule has 0 aromatic heterocycles. The van der Waals surface area contributed by atoms with Gasteiger partial charge < -0.3 is 4.74 Å². The molecule has 3 heteroatoms. The predicted octanol–water partition coefficient (Wildman–Crippen LogP) is 4.42. The maximum Gasteiger partial charge on any atom is 0.153 e. The number of aliphatic imine (C=N–C) groups is 1. The highest BCUT2D eigenvalue weighted by molar-refractivity contribution is 6.70. The normalized spacial score (nSPS) is 12.9. The van der Waals surface area contributed by atoms with E-state index in [1.54, 1.807) is 0 Å². The lowest BCUT2D eigenvalue weighted by Gasteiger charge is -2.08. The number of nitrogens with zero attached hydrogens (tertiary/aromatic N) is 1. The Morgan fingerprint density at radius 3 is 2.76 bits per heavy atom. The van der Waals surface area contributed by atoms with Gasteiger partial charge in [0.05, 0.1) is 5.56 Å². The number of para-hydroxylation sites is 2. The van der Waals surface area contributed by atoms with Gasteiger partial charge in [-0.1, -0.05) is 29.8 Å². The number of ether oxygens (including phenoxy) is 1. The van der Waals surface area contributed by atoms with Gasteiger partial charge in [-0.2, -0.15) is 0 Å². The monoisotopic (exact) mass is 243 g/mol. The highest BCUT2D eigenvalue weighted by Gasteiger charge is 2.16. The molecule has 0 saturated heterocycles. The first-order valence-corrected chi connectivity index (χ1v) is 5.74. The molecule has 0 radical (unpaired) electrons. The third-order valence-electron chi connectivity index (χ3n) is 2.66. The van der Waals surface area contributed by atoms with Crippen LogP contribution in [0.25, 0.3) is 0 Å². The van der Waals surface area contributed by atoms with Crippen LogP contribution in [0.3, 0.4) is 0 Å². The first-order chi connectivity index (χ1) is 8.24. The standard InChI is InChI=1S/C14H10ClNO/c1-9-6-7-10-13(8-9)17-12-5-3-2-4-11(12)16-14(10)15/h2-8H,1H3. The van der Waals surface area contributed by atoms with Gasteiger partial charge in [0.15, 0.2) is 5.75 Å². The zero-order chi connectivity index (χ0) is 11.8. The average Bonchev–Trinajstić information content (AvgIpc) is 2.44. The first kappa shape index (κ1) is 10.4. The Hall–Kier alpha value is -1.80. The fraction of sp³-hybridized carbons (Fsp3) is 0.0714. The second-order valence-corrected chi connectivity index (χ2v) is 4.33. The molecule has 0 amide bonds. The molecule has 0 aliphatic carbocycles. The first-order valence-electron chi connectivity index (χ1n) is 5.36. The van der Waals surface area contributed by atoms with E-state index in [-0.39, 0.29) is 0 Å². The van der Waals surface area contributed by atoms with Gasteiger partial charge in [0.1, 0.15) is 16.6 Å². The topological polar surface area (TPSA) is 21.6 Å². The molecule has 3 rings (SSSR count). The van der Waals surface area contributed by atoms with Crippen LogP contribution in [0.2, 0.25) is 0 Å². The van der Waals surface area contributed by atoms with E-state index in [0.29, 0.717) is 5.17 Å². The lowest BCUT2D eigenvalue weighted by Crippen LogP contribution is -1.93. The van der Waals surface area contributed by atoms with Crippen LogP contribution in [0.15, 0.2) is 47.5 Å². The van der Waals surface area contributed by atoms with E-state index in [9.17, 15) is 0 Å². The lowest BCUT2D eigenvalue weighted by molar-refractivity contribution is 0.484. The number of halogens is 1. The predicted molar refractivity (Wildman–Crippen MR) is 69.7 cm³/mol. The van der Waals surface area contributed by atoms with E-state index in [1.165, 1.54) is 0 Å². The molecule has 0 atom stereocenters. The molecule has 1 aliphatic heterocycles. The summed E-state index contributed by atoms with van der Waals surface area (Å²) in [6.45, 7) is 2.02. The van der Waals surface area contributed by atoms with Gasteiger partial charge in [-0.05, 0) is 36.8 Å². The number of rotatable bonds is 0. The summed E-state index contributed by atoms with van der Waals surface area (Å²) in [5, 5.41) is 0.463. The van der Waals surface area contributed by atoms with Gasteiger partial charge in [0.2, 0.25) is 0 Å². The third kappa shape index (κ3) is 1.81. The van der Waals surface area contributed by atoms with Crippen molar-refractivity contribution in [2.24, 2.45) is 4.99 Å². The SMILES string of the molecule is Cc1ccc2c(c1)Oc1ccccc1N=C2Cl. The molecule has 2 aromatic rings. The van der Waals surface area contributed by atoms with Gasteiger partial charge in [0.25, 0.3) is 0 Å². The third-order valence-corrected chi connectivity index (χ3v) is 2.95. The van der Waals surface area contributed by atoms with Crippen LogP contribution < -0.4 is 4.74 Å². The molecule has 0 fully saturated rings. The minimum atomic E-state index is 0.463. The van der Waals surface area contributed by atoms with Crippen molar-refractivity contribution >= 4 is 22.5 Å². The Morgan fingerprint density at radius 1 is 1.06 bits per heavy atom. The Kier molecular flexibility index (Phi) is 2.37. The van der Waals surface area contributed by atoms with Crippen molar-refractivity contribution in [1.82, 2.24) is 0 Å². The van der Waals surface area contributed by atoms with Crippen LogP contribution in [0.4, 0.5) is 5.69 Å². The summed E-state index contributed by atoms with van der Waals surface area (Å²) >= 11 is 6.20. The van der Waals surface area contributed by atoms with Crippen molar-refractivity contribution in [3.8, 4) is 11.5 Å². The van der Waals surface area contributed by atoms with E-state index in [0.717, 1.165) is 28.3 Å². The summed E-state index contributed by atoms with van der Waals surface area (Å²) in [5.74, 6) is 1.48. The molecule has 0 N–H and O–H groups in total. The van der Waals surface area contributed by atoms with Crippen LogP contribution in [-0.2, 0) is 0 Å². The number of hydrogen-bond acceptors (Lipinski definition) is 2. The van der Waals surface area contributed by atoms with Crippen molar-refractivity contribution in [3.05, 3.63) is 53.6 Å². The summed E-state index contributed by atoms with van der Waals surface area (Å²) < 4.78 is 5.85. The Bertz CT molecular complexity index is 619. The second kappa shape index (κ2) is 3.90. The van der Waals surface area contributed by atoms with Gasteiger partial charge in [-0.3, -0.25) is 0 Å². The molecule has 1 aliphatic rings. The fourth-order valence-corrected chi connectivity index (χ4v) is 2.05. The molecule has 0 spiro atoms. The maximum atomic E-state index is 6.20. The largest absolute Gasteiger partial charge is 0.454 e. The summed E-state index contributed by atoms with van der Waals surface area (Å²) in [4.78, 5) is 4.37. The Balaban J connectivity index is 2.24. The smallest absolute Gasteiger partial charge is 0.153 e. The molecule has 84 valence electrons. The minimum Gasteiger partial charge on any atom is -0.454 e. The highest BCUT2D eigenvalue weighted by Crippen LogP contribution is 2.38. The molecular formula is C14H10ClNO. The van der Waals surface area contributed by atoms with Gasteiger partial charge in [-0.25, -0.2) is 4.99 Å². The van der Waals surface area contributed by atoms with Crippen LogP contribution in [0.1, 0.15) is 11.1 Å². The van der Waals surface area contributed by atoms with E-state index in [4.69, 9.17) is 16.3 Å². The number of aryl methyl sites for hydroxylation is 1. The van der Waals surface area contributed by atoms with Crippen molar-refractivity contribution in [2.45, 2.75) is 6.92 Å². The lowest BCUT2D eigenvalue weighted by atomic mass is 10.1. The van der Waals surface area contributed by atoms with Crippen LogP contribution >= 0.6 is 11.6 Å². The van der Waals surface area contributed by atoms with Crippen molar-refractivity contribution < 1.29 is 4.74 Å². The van der Waals surface area contributed by atoms with E-state index in [1.807, 2.05) is 49.4 Å². The highest BCUT2D eigenvalue weighted by atomic mass is 35.5. The molecule has 0 bridgehead atoms. The summed E-state index contributed by atoms with van der Waals surface area (Å²) in [7, 11) is 0. The number of fused-ring (bicyclic) bond motifs is 2. The molecule has 2 nitrogen and oxygen atoms in total. The van der Waals surface area contributed by atoms with E-state index >= 15 is 0 Å². The van der Waals surface area contributed by atoms with Crippen LogP contribution in [-0.4, -0.2) is 5.17 Å². The van der Waals surface area contributed by atoms with Gasteiger partial charge >= 0.3 is 0 Å². The molecule has 0 unspecified atom stereocenters. The van der Waals surface area contributed by atoms with Crippen molar-refractivity contribution in [3.63, 3.8) is 0 Å². The molecule has 2 aromatic carbocycles. The minimum absolute atomic E-state index is 0.463. The summed E-state index contributed by atoms with van der Waals surface area (Å²) in [5.41, 5.74) is 2.72. The second-order valence-electron chi connectivity index (χ2n) is 3.97. The van der Waals surface area contributed by atoms with E-state index in [2.05, 4.69) is 4.99 Å². The summed E-state index contributed by atoms with van der Waals surface area (Å²) in [6.07, 6.45) is 0. The zero-order valence-electron chi connectivity index (χ0n) is 9.27. The molecule has 1 heterocycles. The van der Waals surface area contributed by atoms with Gasteiger partial charge in [0, 0.05) is 0 Å². The Morgan fingerprint density at radius 2 is 1.88 bits per heavy atom. The molecular weight excluding hydrogens is 234 g/mol. The fourth-order valence-electron chi connectivity index (χ4n) is 1.80.